The number of nitro groups is 1. The van der Waals surface area contributed by atoms with Crippen LogP contribution in [-0.4, -0.2) is 40.3 Å². The normalized spacial score (nSPS) is 10.8. The minimum Gasteiger partial charge on any atom is -0.464 e. The first-order valence-electron chi connectivity index (χ1n) is 8.48. The number of nitro benzene ring substituents is 1. The molecule has 0 fully saturated rings. The van der Waals surface area contributed by atoms with Crippen molar-refractivity contribution in [1.82, 2.24) is 9.88 Å². The summed E-state index contributed by atoms with van der Waals surface area (Å²) in [6.45, 7) is 4.70. The van der Waals surface area contributed by atoms with Gasteiger partial charge in [-0.3, -0.25) is 14.9 Å². The lowest BCUT2D eigenvalue weighted by Crippen LogP contribution is -2.32. The van der Waals surface area contributed by atoms with Crippen molar-refractivity contribution >= 4 is 40.5 Å². The summed E-state index contributed by atoms with van der Waals surface area (Å²) in [5, 5.41) is 13.2. The van der Waals surface area contributed by atoms with Crippen LogP contribution in [0.1, 0.15) is 46.1 Å². The Morgan fingerprint density at radius 1 is 1.39 bits per heavy atom. The molecule has 0 aliphatic carbocycles. The van der Waals surface area contributed by atoms with E-state index in [4.69, 9.17) is 11.6 Å². The number of carbonyl (C=O) groups is 2. The van der Waals surface area contributed by atoms with Crippen LogP contribution in [0.15, 0.2) is 23.6 Å². The van der Waals surface area contributed by atoms with Crippen molar-refractivity contribution < 1.29 is 19.2 Å². The lowest BCUT2D eigenvalue weighted by atomic mass is 10.1. The maximum absolute atomic E-state index is 13.0. The first-order chi connectivity index (χ1) is 13.2. The van der Waals surface area contributed by atoms with E-state index < -0.39 is 10.9 Å². The van der Waals surface area contributed by atoms with Crippen LogP contribution in [-0.2, 0) is 11.3 Å². The summed E-state index contributed by atoms with van der Waals surface area (Å²) in [6, 6.07) is 3.98. The van der Waals surface area contributed by atoms with Crippen LogP contribution in [0.4, 0.5) is 5.69 Å². The molecule has 0 aliphatic heterocycles. The number of benzene rings is 1. The third-order valence-electron chi connectivity index (χ3n) is 3.93. The molecule has 2 rings (SSSR count). The third-order valence-corrected chi connectivity index (χ3v) is 5.08. The molecule has 0 bridgehead atoms. The second-order valence-corrected chi connectivity index (χ2v) is 7.80. The van der Waals surface area contributed by atoms with E-state index in [-0.39, 0.29) is 34.4 Å². The molecule has 1 aromatic carbocycles. The van der Waals surface area contributed by atoms with Gasteiger partial charge in [0.2, 0.25) is 0 Å². The largest absolute Gasteiger partial charge is 0.464 e. The zero-order valence-corrected chi connectivity index (χ0v) is 17.2. The number of hydrogen-bond acceptors (Lipinski definition) is 7. The fourth-order valence-electron chi connectivity index (χ4n) is 2.38. The van der Waals surface area contributed by atoms with Gasteiger partial charge < -0.3 is 9.64 Å². The smallest absolute Gasteiger partial charge is 0.357 e. The Bertz CT molecular complexity index is 884. The zero-order valence-electron chi connectivity index (χ0n) is 15.7. The van der Waals surface area contributed by atoms with Crippen LogP contribution >= 0.6 is 22.9 Å². The van der Waals surface area contributed by atoms with Crippen LogP contribution in [0.2, 0.25) is 5.02 Å². The molecule has 1 aromatic heterocycles. The second kappa shape index (κ2) is 9.61. The van der Waals surface area contributed by atoms with E-state index in [9.17, 15) is 19.7 Å². The third kappa shape index (κ3) is 5.49. The molecular formula is C18H20ClN3O5S. The van der Waals surface area contributed by atoms with Crippen molar-refractivity contribution in [1.29, 1.82) is 0 Å². The van der Waals surface area contributed by atoms with Gasteiger partial charge in [0.25, 0.3) is 11.6 Å². The summed E-state index contributed by atoms with van der Waals surface area (Å²) in [7, 11) is 1.27. The molecule has 1 heterocycles. The van der Waals surface area contributed by atoms with Crippen molar-refractivity contribution in [3.63, 3.8) is 0 Å². The Morgan fingerprint density at radius 2 is 2.11 bits per heavy atom. The van der Waals surface area contributed by atoms with Crippen molar-refractivity contribution in [2.75, 3.05) is 13.7 Å². The molecule has 2 aromatic rings. The Hall–Kier alpha value is -2.52. The lowest BCUT2D eigenvalue weighted by Gasteiger charge is -2.22. The molecule has 0 spiro atoms. The summed E-state index contributed by atoms with van der Waals surface area (Å²) in [5.41, 5.74) is 0.0315. The van der Waals surface area contributed by atoms with Crippen molar-refractivity contribution in [2.24, 2.45) is 5.92 Å². The van der Waals surface area contributed by atoms with E-state index >= 15 is 0 Å². The average molecular weight is 426 g/mol. The molecule has 8 nitrogen and oxygen atoms in total. The maximum atomic E-state index is 13.0. The molecule has 28 heavy (non-hydrogen) atoms. The van der Waals surface area contributed by atoms with Crippen LogP contribution in [0.25, 0.3) is 0 Å². The zero-order chi connectivity index (χ0) is 20.8. The highest BCUT2D eigenvalue weighted by Gasteiger charge is 2.22. The number of amides is 1. The molecular weight excluding hydrogens is 406 g/mol. The molecule has 0 N–H and O–H groups in total. The van der Waals surface area contributed by atoms with Crippen molar-refractivity contribution in [3.05, 3.63) is 55.0 Å². The fraction of sp³-hybridized carbons (Fsp3) is 0.389. The molecule has 0 atom stereocenters. The van der Waals surface area contributed by atoms with E-state index in [2.05, 4.69) is 9.72 Å². The highest BCUT2D eigenvalue weighted by molar-refractivity contribution is 7.09. The summed E-state index contributed by atoms with van der Waals surface area (Å²) in [5.74, 6) is -0.553. The standard InChI is InChI=1S/C18H20ClN3O5S/c1-11(2)6-7-21(9-16-20-14(10-28-16)18(24)27-3)17(23)12-4-5-13(19)15(8-12)22(25)26/h4-5,8,10-11H,6-7,9H2,1-3H3. The molecule has 1 amide bonds. The monoisotopic (exact) mass is 425 g/mol. The second-order valence-electron chi connectivity index (χ2n) is 6.45. The van der Waals surface area contributed by atoms with Gasteiger partial charge in [-0.25, -0.2) is 9.78 Å². The minimum atomic E-state index is -0.624. The van der Waals surface area contributed by atoms with Crippen LogP contribution in [0, 0.1) is 16.0 Å². The van der Waals surface area contributed by atoms with Crippen LogP contribution in [0.5, 0.6) is 0 Å². The molecule has 0 saturated heterocycles. The Balaban J connectivity index is 2.28. The number of rotatable bonds is 8. The van der Waals surface area contributed by atoms with Gasteiger partial charge in [0.05, 0.1) is 18.6 Å². The highest BCUT2D eigenvalue weighted by atomic mass is 35.5. The van der Waals surface area contributed by atoms with E-state index in [1.807, 2.05) is 13.8 Å². The predicted octanol–water partition coefficient (Wildman–Crippen LogP) is 4.18. The maximum Gasteiger partial charge on any atom is 0.357 e. The summed E-state index contributed by atoms with van der Waals surface area (Å²) in [6.07, 6.45) is 0.747. The number of hydrogen-bond donors (Lipinski definition) is 0. The first kappa shape index (κ1) is 21.8. The number of ether oxygens (including phenoxy) is 1. The van der Waals surface area contributed by atoms with Gasteiger partial charge in [0, 0.05) is 23.6 Å². The summed E-state index contributed by atoms with van der Waals surface area (Å²) < 4.78 is 4.65. The quantitative estimate of drug-likeness (QED) is 0.357. The fourth-order valence-corrected chi connectivity index (χ4v) is 3.34. The number of halogens is 1. The molecule has 0 radical (unpaired) electrons. The van der Waals surface area contributed by atoms with E-state index in [1.165, 1.54) is 36.6 Å². The Morgan fingerprint density at radius 3 is 2.71 bits per heavy atom. The van der Waals surface area contributed by atoms with Gasteiger partial charge in [-0.15, -0.1) is 11.3 Å². The molecule has 10 heteroatoms. The predicted molar refractivity (Wildman–Crippen MR) is 106 cm³/mol. The summed E-state index contributed by atoms with van der Waals surface area (Å²) in [4.78, 5) is 40.8. The number of esters is 1. The highest BCUT2D eigenvalue weighted by Crippen LogP contribution is 2.26. The number of aromatic nitrogens is 1. The molecule has 0 aliphatic rings. The van der Waals surface area contributed by atoms with Crippen LogP contribution in [0.3, 0.4) is 0 Å². The van der Waals surface area contributed by atoms with Crippen molar-refractivity contribution in [3.8, 4) is 0 Å². The van der Waals surface area contributed by atoms with Crippen LogP contribution < -0.4 is 0 Å². The van der Waals surface area contributed by atoms with Crippen molar-refractivity contribution in [2.45, 2.75) is 26.8 Å². The number of carbonyl (C=O) groups excluding carboxylic acids is 2. The van der Waals surface area contributed by atoms with Gasteiger partial charge >= 0.3 is 5.97 Å². The van der Waals surface area contributed by atoms with Gasteiger partial charge in [0.15, 0.2) is 5.69 Å². The van der Waals surface area contributed by atoms with Gasteiger partial charge in [0.1, 0.15) is 10.0 Å². The average Bonchev–Trinajstić information content (AvgIpc) is 3.12. The number of methoxy groups -OCH3 is 1. The van der Waals surface area contributed by atoms with E-state index in [1.54, 1.807) is 10.3 Å². The van der Waals surface area contributed by atoms with Gasteiger partial charge in [-0.1, -0.05) is 25.4 Å². The topological polar surface area (TPSA) is 103 Å². The molecule has 0 saturated carbocycles. The van der Waals surface area contributed by atoms with Gasteiger partial charge in [-0.2, -0.15) is 0 Å². The van der Waals surface area contributed by atoms with Gasteiger partial charge in [-0.05, 0) is 24.5 Å². The lowest BCUT2D eigenvalue weighted by molar-refractivity contribution is -0.384. The number of nitrogens with zero attached hydrogens (tertiary/aromatic N) is 3. The first-order valence-corrected chi connectivity index (χ1v) is 9.74. The molecule has 0 unspecified atom stereocenters. The summed E-state index contributed by atoms with van der Waals surface area (Å²) >= 11 is 7.08. The number of thiazole rings is 1. The Labute approximate surface area is 171 Å². The van der Waals surface area contributed by atoms with E-state index in [0.29, 0.717) is 17.5 Å². The molecule has 150 valence electrons. The minimum absolute atomic E-state index is 0.0297. The SMILES string of the molecule is COC(=O)c1csc(CN(CCC(C)C)C(=O)c2ccc(Cl)c([N+](=O)[O-])c2)n1. The Kier molecular flexibility index (Phi) is 7.47. The van der Waals surface area contributed by atoms with E-state index in [0.717, 1.165) is 6.42 Å².